The molecule has 0 saturated carbocycles. The van der Waals surface area contributed by atoms with Gasteiger partial charge in [-0.2, -0.15) is 9.40 Å². The highest BCUT2D eigenvalue weighted by Gasteiger charge is 2.47. The Kier molecular flexibility index (Phi) is 5.29. The fourth-order valence-corrected chi connectivity index (χ4v) is 6.23. The van der Waals surface area contributed by atoms with E-state index in [1.54, 1.807) is 17.3 Å². The fourth-order valence-electron chi connectivity index (χ4n) is 4.75. The summed E-state index contributed by atoms with van der Waals surface area (Å²) >= 11 is 0. The van der Waals surface area contributed by atoms with Gasteiger partial charge in [-0.05, 0) is 55.7 Å². The molecule has 1 amide bonds. The third kappa shape index (κ3) is 3.83. The Morgan fingerprint density at radius 1 is 1.09 bits per heavy atom. The number of hydrogen-bond acceptors (Lipinski definition) is 5. The molecule has 1 spiro atoms. The van der Waals surface area contributed by atoms with Gasteiger partial charge in [-0.3, -0.25) is 14.7 Å². The molecule has 33 heavy (non-hydrogen) atoms. The van der Waals surface area contributed by atoms with Crippen LogP contribution >= 0.6 is 0 Å². The van der Waals surface area contributed by atoms with E-state index < -0.39 is 21.4 Å². The molecule has 0 N–H and O–H groups in total. The van der Waals surface area contributed by atoms with E-state index in [1.165, 1.54) is 22.5 Å². The second-order valence-electron chi connectivity index (χ2n) is 8.65. The number of aryl methyl sites for hydroxylation is 1. The first-order valence-corrected chi connectivity index (χ1v) is 12.2. The smallest absolute Gasteiger partial charge is 0.243 e. The minimum absolute atomic E-state index is 0.0133. The van der Waals surface area contributed by atoms with Crippen molar-refractivity contribution >= 4 is 21.7 Å². The van der Waals surface area contributed by atoms with Gasteiger partial charge in [0, 0.05) is 31.5 Å². The molecule has 0 radical (unpaired) electrons. The Morgan fingerprint density at radius 3 is 2.52 bits per heavy atom. The molecule has 3 aromatic rings. The van der Waals surface area contributed by atoms with E-state index in [0.717, 1.165) is 23.1 Å². The molecule has 8 nitrogen and oxygen atoms in total. The van der Waals surface area contributed by atoms with E-state index in [2.05, 4.69) is 4.98 Å². The van der Waals surface area contributed by atoms with Gasteiger partial charge in [0.25, 0.3) is 0 Å². The third-order valence-electron chi connectivity index (χ3n) is 6.50. The number of aromatic nitrogens is 3. The Balaban J connectivity index is 1.42. The number of carbonyl (C=O) groups excluding carboxylic acids is 1. The predicted molar refractivity (Wildman–Crippen MR) is 119 cm³/mol. The van der Waals surface area contributed by atoms with Crippen LogP contribution in [-0.2, 0) is 26.9 Å². The van der Waals surface area contributed by atoms with E-state index in [9.17, 15) is 17.6 Å². The van der Waals surface area contributed by atoms with Crippen LogP contribution in [0.2, 0.25) is 0 Å². The van der Waals surface area contributed by atoms with Crippen LogP contribution in [0.25, 0.3) is 0 Å². The summed E-state index contributed by atoms with van der Waals surface area (Å²) in [6, 6.07) is 10.7. The number of amides is 1. The van der Waals surface area contributed by atoms with Crippen LogP contribution in [0.1, 0.15) is 30.5 Å². The third-order valence-corrected chi connectivity index (χ3v) is 8.39. The van der Waals surface area contributed by atoms with E-state index >= 15 is 0 Å². The number of hydrogen-bond donors (Lipinski definition) is 0. The fraction of sp³-hybridized carbons (Fsp3) is 0.348. The molecule has 0 bridgehead atoms. The maximum Gasteiger partial charge on any atom is 0.243 e. The first-order valence-electron chi connectivity index (χ1n) is 10.8. The van der Waals surface area contributed by atoms with Crippen molar-refractivity contribution in [2.75, 3.05) is 18.0 Å². The van der Waals surface area contributed by atoms with Crippen molar-refractivity contribution in [1.82, 2.24) is 19.1 Å². The molecule has 0 unspecified atom stereocenters. The Hall–Kier alpha value is -3.11. The topological polar surface area (TPSA) is 88.4 Å². The molecule has 1 saturated heterocycles. The standard InChI is InChI=1S/C23H24FN5O3S/c1-17-13-21-28(16-18-5-9-25-10-6-18)22(30)15-23(29(21)26-17)7-11-27(12-8-23)33(31,32)20-4-2-3-19(24)14-20/h2-6,9-10,13-14H,7-8,11-12,15-16H2,1H3. The van der Waals surface area contributed by atoms with Crippen LogP contribution in [-0.4, -0.2) is 46.5 Å². The quantitative estimate of drug-likeness (QED) is 0.586. The van der Waals surface area contributed by atoms with Gasteiger partial charge in [-0.25, -0.2) is 17.5 Å². The highest BCUT2D eigenvalue weighted by Crippen LogP contribution is 2.42. The van der Waals surface area contributed by atoms with Crippen molar-refractivity contribution in [2.45, 2.75) is 43.2 Å². The van der Waals surface area contributed by atoms with Gasteiger partial charge in [0.05, 0.1) is 29.1 Å². The lowest BCUT2D eigenvalue weighted by molar-refractivity contribution is -0.122. The lowest BCUT2D eigenvalue weighted by Gasteiger charge is -2.46. The maximum absolute atomic E-state index is 13.6. The van der Waals surface area contributed by atoms with Crippen LogP contribution in [0.4, 0.5) is 10.2 Å². The first-order chi connectivity index (χ1) is 15.8. The Labute approximate surface area is 191 Å². The molecule has 1 aromatic carbocycles. The molecule has 1 fully saturated rings. The summed E-state index contributed by atoms with van der Waals surface area (Å²) in [5.74, 6) is 0.121. The van der Waals surface area contributed by atoms with E-state index in [0.29, 0.717) is 19.4 Å². The van der Waals surface area contributed by atoms with Crippen molar-refractivity contribution in [1.29, 1.82) is 0 Å². The summed E-state index contributed by atoms with van der Waals surface area (Å²) in [5.41, 5.74) is 1.19. The molecule has 2 aliphatic heterocycles. The minimum Gasteiger partial charge on any atom is -0.292 e. The molecule has 10 heteroatoms. The Bertz CT molecular complexity index is 1300. The Morgan fingerprint density at radius 2 is 1.82 bits per heavy atom. The predicted octanol–water partition coefficient (Wildman–Crippen LogP) is 2.84. The van der Waals surface area contributed by atoms with Crippen molar-refractivity contribution < 1.29 is 17.6 Å². The van der Waals surface area contributed by atoms with Crippen molar-refractivity contribution in [3.05, 3.63) is 71.9 Å². The summed E-state index contributed by atoms with van der Waals surface area (Å²) < 4.78 is 43.0. The average molecular weight is 470 g/mol. The van der Waals surface area contributed by atoms with Gasteiger partial charge >= 0.3 is 0 Å². The summed E-state index contributed by atoms with van der Waals surface area (Å²) in [4.78, 5) is 19.0. The molecule has 2 aromatic heterocycles. The zero-order valence-electron chi connectivity index (χ0n) is 18.2. The van der Waals surface area contributed by atoms with Gasteiger partial charge in [-0.1, -0.05) is 6.07 Å². The summed E-state index contributed by atoms with van der Waals surface area (Å²) in [6.07, 6.45) is 4.54. The van der Waals surface area contributed by atoms with Gasteiger partial charge < -0.3 is 0 Å². The SMILES string of the molecule is Cc1cc2n(n1)C1(CCN(S(=O)(=O)c3cccc(F)c3)CC1)CC(=O)N2Cc1ccncc1. The summed E-state index contributed by atoms with van der Waals surface area (Å²) in [5, 5.41) is 4.70. The zero-order valence-corrected chi connectivity index (χ0v) is 19.0. The molecule has 5 rings (SSSR count). The number of pyridine rings is 1. The lowest BCUT2D eigenvalue weighted by atomic mass is 9.83. The number of carbonyl (C=O) groups is 1. The number of benzene rings is 1. The molecule has 0 atom stereocenters. The normalized spacial score (nSPS) is 18.5. The number of rotatable bonds is 4. The molecular formula is C23H24FN5O3S. The van der Waals surface area contributed by atoms with E-state index in [4.69, 9.17) is 5.10 Å². The van der Waals surface area contributed by atoms with Crippen molar-refractivity contribution in [3.63, 3.8) is 0 Å². The number of halogens is 1. The van der Waals surface area contributed by atoms with Crippen LogP contribution in [0, 0.1) is 12.7 Å². The van der Waals surface area contributed by atoms with E-state index in [-0.39, 0.29) is 30.3 Å². The molecule has 4 heterocycles. The van der Waals surface area contributed by atoms with E-state index in [1.807, 2.05) is 29.8 Å². The summed E-state index contributed by atoms with van der Waals surface area (Å²) in [7, 11) is -3.81. The second-order valence-corrected chi connectivity index (χ2v) is 10.6. The number of anilines is 1. The highest BCUT2D eigenvalue weighted by atomic mass is 32.2. The largest absolute Gasteiger partial charge is 0.292 e. The number of fused-ring (bicyclic) bond motifs is 2. The lowest BCUT2D eigenvalue weighted by Crippen LogP contribution is -2.54. The number of nitrogens with zero attached hydrogens (tertiary/aromatic N) is 5. The van der Waals surface area contributed by atoms with Crippen molar-refractivity contribution in [2.24, 2.45) is 0 Å². The maximum atomic E-state index is 13.6. The molecule has 172 valence electrons. The number of piperidine rings is 1. The molecule has 2 aliphatic rings. The monoisotopic (exact) mass is 469 g/mol. The average Bonchev–Trinajstić information content (AvgIpc) is 3.20. The van der Waals surface area contributed by atoms with Crippen LogP contribution in [0.3, 0.4) is 0 Å². The van der Waals surface area contributed by atoms with Gasteiger partial charge in [0.15, 0.2) is 0 Å². The number of sulfonamides is 1. The van der Waals surface area contributed by atoms with Gasteiger partial charge in [-0.15, -0.1) is 0 Å². The van der Waals surface area contributed by atoms with Gasteiger partial charge in [0.2, 0.25) is 15.9 Å². The van der Waals surface area contributed by atoms with Crippen molar-refractivity contribution in [3.8, 4) is 0 Å². The van der Waals surface area contributed by atoms with Gasteiger partial charge in [0.1, 0.15) is 11.6 Å². The first kappa shape index (κ1) is 21.7. The van der Waals surface area contributed by atoms with Crippen LogP contribution in [0.5, 0.6) is 0 Å². The minimum atomic E-state index is -3.81. The molecule has 0 aliphatic carbocycles. The summed E-state index contributed by atoms with van der Waals surface area (Å²) in [6.45, 7) is 2.77. The zero-order chi connectivity index (χ0) is 23.2. The highest BCUT2D eigenvalue weighted by molar-refractivity contribution is 7.89. The molecular weight excluding hydrogens is 445 g/mol. The van der Waals surface area contributed by atoms with Crippen LogP contribution in [0.15, 0.2) is 59.8 Å². The van der Waals surface area contributed by atoms with Crippen LogP contribution < -0.4 is 4.90 Å². The second kappa shape index (κ2) is 8.03.